The molecule has 0 aliphatic rings. The van der Waals surface area contributed by atoms with Crippen LogP contribution in [0.2, 0.25) is 0 Å². The number of furan rings is 1. The van der Waals surface area contributed by atoms with E-state index >= 15 is 0 Å². The van der Waals surface area contributed by atoms with Gasteiger partial charge >= 0.3 is 5.97 Å². The molecule has 0 radical (unpaired) electrons. The summed E-state index contributed by atoms with van der Waals surface area (Å²) in [7, 11) is 0. The molecule has 4 N–H and O–H groups in total. The molecule has 8 heteroatoms. The third-order valence-corrected chi connectivity index (χ3v) is 2.20. The van der Waals surface area contributed by atoms with Crippen molar-refractivity contribution >= 4 is 17.8 Å². The van der Waals surface area contributed by atoms with Crippen LogP contribution in [0.5, 0.6) is 0 Å². The van der Waals surface area contributed by atoms with Gasteiger partial charge in [-0.25, -0.2) is 4.79 Å². The second-order valence-corrected chi connectivity index (χ2v) is 3.62. The highest BCUT2D eigenvalue weighted by Crippen LogP contribution is 1.98. The number of carbonyl (C=O) groups is 3. The minimum absolute atomic E-state index is 0.0309. The number of aliphatic hydroxyl groups excluding tert-OH is 1. The summed E-state index contributed by atoms with van der Waals surface area (Å²) in [6, 6.07) is 1.69. The van der Waals surface area contributed by atoms with Gasteiger partial charge in [0.05, 0.1) is 12.9 Å². The van der Waals surface area contributed by atoms with Crippen LogP contribution in [0.25, 0.3) is 0 Å². The summed E-state index contributed by atoms with van der Waals surface area (Å²) >= 11 is 0. The highest BCUT2D eigenvalue weighted by Gasteiger charge is 2.18. The van der Waals surface area contributed by atoms with Gasteiger partial charge in [0, 0.05) is 13.0 Å². The molecule has 1 aromatic heterocycles. The van der Waals surface area contributed by atoms with Crippen molar-refractivity contribution < 1.29 is 29.0 Å². The van der Waals surface area contributed by atoms with Crippen LogP contribution in [0.1, 0.15) is 17.0 Å². The number of aliphatic hydroxyl groups is 1. The third-order valence-electron chi connectivity index (χ3n) is 2.20. The first-order valence-corrected chi connectivity index (χ1v) is 5.49. The predicted molar refractivity (Wildman–Crippen MR) is 62.3 cm³/mol. The normalized spacial score (nSPS) is 11.6. The maximum absolute atomic E-state index is 11.4. The van der Waals surface area contributed by atoms with Crippen LogP contribution in [0.15, 0.2) is 22.8 Å². The lowest BCUT2D eigenvalue weighted by atomic mass is 10.3. The van der Waals surface area contributed by atoms with E-state index in [2.05, 4.69) is 10.6 Å². The fraction of sp³-hybridized carbons (Fsp3) is 0.364. The van der Waals surface area contributed by atoms with Crippen LogP contribution in [0.3, 0.4) is 0 Å². The molecule has 2 amide bonds. The Hall–Kier alpha value is -2.35. The zero-order valence-electron chi connectivity index (χ0n) is 9.96. The van der Waals surface area contributed by atoms with Crippen LogP contribution >= 0.6 is 0 Å². The minimum Gasteiger partial charge on any atom is -0.480 e. The fourth-order valence-corrected chi connectivity index (χ4v) is 1.24. The van der Waals surface area contributed by atoms with E-state index in [0.717, 1.165) is 0 Å². The van der Waals surface area contributed by atoms with Gasteiger partial charge in [0.1, 0.15) is 6.04 Å². The van der Waals surface area contributed by atoms with Gasteiger partial charge in [-0.15, -0.1) is 0 Å². The molecule has 1 heterocycles. The molecule has 0 saturated carbocycles. The van der Waals surface area contributed by atoms with Gasteiger partial charge in [0.25, 0.3) is 5.91 Å². The smallest absolute Gasteiger partial charge is 0.328 e. The van der Waals surface area contributed by atoms with E-state index in [1.165, 1.54) is 12.3 Å². The number of carboxylic acids is 1. The minimum atomic E-state index is -1.34. The van der Waals surface area contributed by atoms with Gasteiger partial charge in [-0.3, -0.25) is 9.59 Å². The highest BCUT2D eigenvalue weighted by molar-refractivity contribution is 5.91. The van der Waals surface area contributed by atoms with Gasteiger partial charge < -0.3 is 25.3 Å². The zero-order chi connectivity index (χ0) is 14.3. The number of hydrogen-bond donors (Lipinski definition) is 4. The second-order valence-electron chi connectivity index (χ2n) is 3.62. The maximum atomic E-state index is 11.4. The summed E-state index contributed by atoms with van der Waals surface area (Å²) < 4.78 is 4.84. The van der Waals surface area contributed by atoms with E-state index in [9.17, 15) is 14.4 Å². The standard InChI is InChI=1S/C11H14N2O6/c14-6-7(11(17)18)13-9(15)3-4-12-10(16)8-2-1-5-19-8/h1-2,5,7,14H,3-4,6H2,(H,12,16)(H,13,15)(H,17,18)/t7-/m1/s1. The first kappa shape index (κ1) is 14.7. The number of rotatable bonds is 7. The van der Waals surface area contributed by atoms with Gasteiger partial charge in [-0.05, 0) is 12.1 Å². The molecule has 104 valence electrons. The van der Waals surface area contributed by atoms with Crippen molar-refractivity contribution in [3.8, 4) is 0 Å². The van der Waals surface area contributed by atoms with Crippen molar-refractivity contribution in [3.05, 3.63) is 24.2 Å². The molecule has 8 nitrogen and oxygen atoms in total. The zero-order valence-corrected chi connectivity index (χ0v) is 9.96. The first-order chi connectivity index (χ1) is 9.04. The van der Waals surface area contributed by atoms with E-state index in [0.29, 0.717) is 0 Å². The summed E-state index contributed by atoms with van der Waals surface area (Å²) in [5, 5.41) is 21.9. The largest absolute Gasteiger partial charge is 0.480 e. The molecule has 19 heavy (non-hydrogen) atoms. The monoisotopic (exact) mass is 270 g/mol. The molecule has 1 atom stereocenters. The molecule has 0 aliphatic heterocycles. The highest BCUT2D eigenvalue weighted by atomic mass is 16.4. The lowest BCUT2D eigenvalue weighted by Crippen LogP contribution is -2.44. The molecule has 1 rings (SSSR count). The lowest BCUT2D eigenvalue weighted by molar-refractivity contribution is -0.142. The number of aliphatic carboxylic acids is 1. The van der Waals surface area contributed by atoms with Crippen molar-refractivity contribution in [1.29, 1.82) is 0 Å². The fourth-order valence-electron chi connectivity index (χ4n) is 1.24. The Balaban J connectivity index is 2.27. The van der Waals surface area contributed by atoms with Crippen LogP contribution in [-0.2, 0) is 9.59 Å². The topological polar surface area (TPSA) is 129 Å². The maximum Gasteiger partial charge on any atom is 0.328 e. The quantitative estimate of drug-likeness (QED) is 0.501. The molecule has 0 bridgehead atoms. The van der Waals surface area contributed by atoms with Gasteiger partial charge in [-0.1, -0.05) is 0 Å². The van der Waals surface area contributed by atoms with Crippen LogP contribution in [-0.4, -0.2) is 47.2 Å². The number of carboxylic acid groups (broad SMARTS) is 1. The Labute approximate surface area is 108 Å². The van der Waals surface area contributed by atoms with Crippen molar-refractivity contribution in [2.75, 3.05) is 13.2 Å². The van der Waals surface area contributed by atoms with Crippen LogP contribution in [0.4, 0.5) is 0 Å². The van der Waals surface area contributed by atoms with E-state index in [1.54, 1.807) is 6.07 Å². The molecular weight excluding hydrogens is 256 g/mol. The van der Waals surface area contributed by atoms with Crippen LogP contribution < -0.4 is 10.6 Å². The molecule has 0 saturated heterocycles. The Morgan fingerprint density at radius 2 is 2.11 bits per heavy atom. The van der Waals surface area contributed by atoms with Crippen molar-refractivity contribution in [2.45, 2.75) is 12.5 Å². The Kier molecular flexibility index (Phi) is 5.55. The summed E-state index contributed by atoms with van der Waals surface area (Å²) in [5.74, 6) is -2.24. The van der Waals surface area contributed by atoms with Gasteiger partial charge in [-0.2, -0.15) is 0 Å². The van der Waals surface area contributed by atoms with Crippen LogP contribution in [0, 0.1) is 0 Å². The van der Waals surface area contributed by atoms with E-state index in [1.807, 2.05) is 0 Å². The molecule has 0 unspecified atom stereocenters. The number of hydrogen-bond acceptors (Lipinski definition) is 5. The molecule has 0 fully saturated rings. The van der Waals surface area contributed by atoms with Crippen molar-refractivity contribution in [3.63, 3.8) is 0 Å². The first-order valence-electron chi connectivity index (χ1n) is 5.49. The second kappa shape index (κ2) is 7.17. The van der Waals surface area contributed by atoms with E-state index in [-0.39, 0.29) is 18.7 Å². The Morgan fingerprint density at radius 3 is 2.63 bits per heavy atom. The molecule has 0 spiro atoms. The summed E-state index contributed by atoms with van der Waals surface area (Å²) in [5.41, 5.74) is 0. The van der Waals surface area contributed by atoms with E-state index < -0.39 is 30.4 Å². The predicted octanol–water partition coefficient (Wildman–Crippen LogP) is -1.04. The average molecular weight is 270 g/mol. The van der Waals surface area contributed by atoms with E-state index in [4.69, 9.17) is 14.6 Å². The van der Waals surface area contributed by atoms with Gasteiger partial charge in [0.2, 0.25) is 5.91 Å². The third kappa shape index (κ3) is 4.80. The molecule has 0 aromatic carbocycles. The average Bonchev–Trinajstić information content (AvgIpc) is 2.89. The Bertz CT molecular complexity index is 442. The summed E-state index contributed by atoms with van der Waals surface area (Å²) in [6.07, 6.45) is 1.25. The molecule has 0 aliphatic carbocycles. The summed E-state index contributed by atoms with van der Waals surface area (Å²) in [4.78, 5) is 33.3. The van der Waals surface area contributed by atoms with Crippen molar-refractivity contribution in [1.82, 2.24) is 10.6 Å². The Morgan fingerprint density at radius 1 is 1.37 bits per heavy atom. The number of carbonyl (C=O) groups excluding carboxylic acids is 2. The molecular formula is C11H14N2O6. The molecule has 1 aromatic rings. The SMILES string of the molecule is O=C(CCNC(=O)c1ccco1)N[C@H](CO)C(=O)O. The number of nitrogens with one attached hydrogen (secondary N) is 2. The van der Waals surface area contributed by atoms with Crippen molar-refractivity contribution in [2.24, 2.45) is 0 Å². The van der Waals surface area contributed by atoms with Gasteiger partial charge in [0.15, 0.2) is 5.76 Å². The summed E-state index contributed by atoms with van der Waals surface area (Å²) in [6.45, 7) is -0.664. The number of amides is 2. The lowest BCUT2D eigenvalue weighted by Gasteiger charge is -2.11.